The fourth-order valence-electron chi connectivity index (χ4n) is 3.16. The second-order valence-electron chi connectivity index (χ2n) is 6.73. The number of amidine groups is 1. The lowest BCUT2D eigenvalue weighted by molar-refractivity contribution is -0.135. The minimum atomic E-state index is -0.947. The van der Waals surface area contributed by atoms with E-state index in [1.165, 1.54) is 11.3 Å². The monoisotopic (exact) mass is 433 g/mol. The van der Waals surface area contributed by atoms with Crippen LogP contribution in [-0.4, -0.2) is 53.2 Å². The van der Waals surface area contributed by atoms with Gasteiger partial charge in [-0.25, -0.2) is 10.4 Å². The number of ether oxygens (including phenoxy) is 1. The number of nitrogens with zero attached hydrogens (tertiary/aromatic N) is 2. The van der Waals surface area contributed by atoms with Crippen molar-refractivity contribution < 1.29 is 19.4 Å². The maximum absolute atomic E-state index is 12.3. The molecule has 1 aromatic carbocycles. The van der Waals surface area contributed by atoms with Gasteiger partial charge in [0, 0.05) is 25.9 Å². The van der Waals surface area contributed by atoms with E-state index in [2.05, 4.69) is 21.0 Å². The number of nitrogens with one attached hydrogen (secondary N) is 3. The van der Waals surface area contributed by atoms with Gasteiger partial charge in [0.05, 0.1) is 16.6 Å². The van der Waals surface area contributed by atoms with Gasteiger partial charge in [0.1, 0.15) is 18.1 Å². The molecule has 3 heterocycles. The van der Waals surface area contributed by atoms with Crippen LogP contribution in [-0.2, 0) is 4.79 Å². The van der Waals surface area contributed by atoms with E-state index in [9.17, 15) is 9.59 Å². The molecule has 0 unspecified atom stereocenters. The normalized spacial score (nSPS) is 16.6. The molecule has 1 saturated heterocycles. The summed E-state index contributed by atoms with van der Waals surface area (Å²) in [6.45, 7) is 1.25. The molecule has 30 heavy (non-hydrogen) atoms. The average Bonchev–Trinajstić information content (AvgIpc) is 3.19. The molecule has 2 aromatic rings. The zero-order valence-corrected chi connectivity index (χ0v) is 16.9. The van der Waals surface area contributed by atoms with Crippen LogP contribution in [0.2, 0.25) is 0 Å². The van der Waals surface area contributed by atoms with Crippen LogP contribution in [0.25, 0.3) is 0 Å². The number of amides is 1. The minimum absolute atomic E-state index is 0.0340. The number of nitrogens with two attached hydrogens (primary N) is 2. The Bertz CT molecular complexity index is 940. The number of rotatable bonds is 4. The van der Waals surface area contributed by atoms with Crippen LogP contribution < -0.4 is 32.0 Å². The first-order valence-corrected chi connectivity index (χ1v) is 9.96. The van der Waals surface area contributed by atoms with Crippen LogP contribution in [0.1, 0.15) is 28.1 Å². The summed E-state index contributed by atoms with van der Waals surface area (Å²) in [7, 11) is 0. The third-order valence-electron chi connectivity index (χ3n) is 4.63. The predicted octanol–water partition coefficient (Wildman–Crippen LogP) is 0.0804. The van der Waals surface area contributed by atoms with Crippen LogP contribution in [0, 0.1) is 5.41 Å². The van der Waals surface area contributed by atoms with E-state index in [1.807, 2.05) is 23.6 Å². The number of para-hydroxylation sites is 1. The summed E-state index contributed by atoms with van der Waals surface area (Å²) >= 11 is 1.41. The number of aliphatic carboxylic acids is 1. The Kier molecular flexibility index (Phi) is 6.50. The number of fused-ring (bicyclic) bond motifs is 1. The van der Waals surface area contributed by atoms with Crippen molar-refractivity contribution in [1.82, 2.24) is 15.7 Å². The molecule has 1 fully saturated rings. The smallest absolute Gasteiger partial charge is 0.318 e. The fraction of sp³-hybridized carbons (Fsp3) is 0.333. The van der Waals surface area contributed by atoms with Crippen molar-refractivity contribution >= 4 is 34.2 Å². The molecule has 11 nitrogen and oxygen atoms in total. The third kappa shape index (κ3) is 4.84. The number of aromatic nitrogens is 1. The van der Waals surface area contributed by atoms with Gasteiger partial charge in [-0.3, -0.25) is 20.8 Å². The van der Waals surface area contributed by atoms with E-state index in [-0.39, 0.29) is 18.3 Å². The lowest BCUT2D eigenvalue weighted by Gasteiger charge is -2.44. The van der Waals surface area contributed by atoms with Gasteiger partial charge in [-0.05, 0) is 12.1 Å². The second kappa shape index (κ2) is 9.07. The maximum atomic E-state index is 12.3. The molecule has 1 spiro atoms. The SMILES string of the molecule is N=C(N)c1cnc(N2CCC3(CC2)NC(=O)c2ccccc2O3)s1.NNCC(=O)O. The van der Waals surface area contributed by atoms with Gasteiger partial charge in [-0.15, -0.1) is 0 Å². The number of carboxylic acid groups (broad SMARTS) is 1. The molecule has 0 saturated carbocycles. The van der Waals surface area contributed by atoms with Crippen molar-refractivity contribution in [3.05, 3.63) is 40.9 Å². The quantitative estimate of drug-likeness (QED) is 0.168. The molecule has 1 aromatic heterocycles. The first-order chi connectivity index (χ1) is 14.3. The van der Waals surface area contributed by atoms with E-state index >= 15 is 0 Å². The van der Waals surface area contributed by atoms with Gasteiger partial charge in [0.15, 0.2) is 10.9 Å². The van der Waals surface area contributed by atoms with Gasteiger partial charge in [-0.2, -0.15) is 0 Å². The van der Waals surface area contributed by atoms with E-state index < -0.39 is 11.7 Å². The number of carboxylic acids is 1. The zero-order chi connectivity index (χ0) is 21.7. The summed E-state index contributed by atoms with van der Waals surface area (Å²) in [6, 6.07) is 7.31. The van der Waals surface area contributed by atoms with Crippen molar-refractivity contribution in [2.24, 2.45) is 11.6 Å². The van der Waals surface area contributed by atoms with E-state index in [0.29, 0.717) is 42.1 Å². The topological polar surface area (TPSA) is 180 Å². The largest absolute Gasteiger partial charge is 0.480 e. The Morgan fingerprint density at radius 3 is 2.67 bits per heavy atom. The molecule has 8 N–H and O–H groups in total. The number of hydrogen-bond donors (Lipinski definition) is 6. The summed E-state index contributed by atoms with van der Waals surface area (Å²) in [5.41, 5.74) is 7.39. The molecular formula is C18H23N7O4S. The number of benzene rings is 1. The molecule has 160 valence electrons. The predicted molar refractivity (Wildman–Crippen MR) is 112 cm³/mol. The molecule has 2 aliphatic rings. The standard InChI is InChI=1S/C16H17N5O2S.C2H6N2O2/c17-13(18)12-9-19-15(24-12)21-7-5-16(6-8-21)20-14(22)10-3-1-2-4-11(10)23-16;3-4-1-2(5)6/h1-4,9H,5-8H2,(H3,17,18)(H,20,22);4H,1,3H2,(H,5,6). The van der Waals surface area contributed by atoms with Crippen molar-refractivity contribution in [2.75, 3.05) is 24.5 Å². The van der Waals surface area contributed by atoms with Crippen LogP contribution >= 0.6 is 11.3 Å². The van der Waals surface area contributed by atoms with Crippen molar-refractivity contribution in [1.29, 1.82) is 5.41 Å². The maximum Gasteiger partial charge on any atom is 0.318 e. The summed E-state index contributed by atoms with van der Waals surface area (Å²) in [5.74, 6) is 4.24. The Labute approximate surface area is 176 Å². The van der Waals surface area contributed by atoms with Crippen LogP contribution in [0.5, 0.6) is 5.75 Å². The first kappa shape index (κ1) is 21.5. The highest BCUT2D eigenvalue weighted by Gasteiger charge is 2.42. The lowest BCUT2D eigenvalue weighted by atomic mass is 9.97. The number of anilines is 1. The minimum Gasteiger partial charge on any atom is -0.480 e. The average molecular weight is 433 g/mol. The molecule has 4 rings (SSSR count). The fourth-order valence-corrected chi connectivity index (χ4v) is 3.99. The molecule has 2 aliphatic heterocycles. The van der Waals surface area contributed by atoms with E-state index in [4.69, 9.17) is 21.0 Å². The highest BCUT2D eigenvalue weighted by atomic mass is 32.1. The highest BCUT2D eigenvalue weighted by Crippen LogP contribution is 2.35. The molecule has 0 bridgehead atoms. The van der Waals surface area contributed by atoms with Crippen LogP contribution in [0.3, 0.4) is 0 Å². The number of carbonyl (C=O) groups is 2. The second-order valence-corrected chi connectivity index (χ2v) is 7.74. The summed E-state index contributed by atoms with van der Waals surface area (Å²) in [4.78, 5) is 28.9. The molecular weight excluding hydrogens is 410 g/mol. The first-order valence-electron chi connectivity index (χ1n) is 9.14. The highest BCUT2D eigenvalue weighted by molar-refractivity contribution is 7.17. The number of piperidine rings is 1. The van der Waals surface area contributed by atoms with Crippen molar-refractivity contribution in [3.63, 3.8) is 0 Å². The van der Waals surface area contributed by atoms with Gasteiger partial charge < -0.3 is 25.8 Å². The molecule has 0 aliphatic carbocycles. The van der Waals surface area contributed by atoms with Gasteiger partial charge in [0.25, 0.3) is 5.91 Å². The van der Waals surface area contributed by atoms with E-state index in [0.717, 1.165) is 5.13 Å². The number of hydrazine groups is 1. The Morgan fingerprint density at radius 2 is 2.10 bits per heavy atom. The number of hydrogen-bond acceptors (Lipinski definition) is 9. The van der Waals surface area contributed by atoms with E-state index in [1.54, 1.807) is 12.3 Å². The summed E-state index contributed by atoms with van der Waals surface area (Å²) < 4.78 is 6.13. The number of thiazole rings is 1. The molecule has 1 amide bonds. The van der Waals surface area contributed by atoms with Crippen LogP contribution in [0.4, 0.5) is 5.13 Å². The molecule has 12 heteroatoms. The lowest BCUT2D eigenvalue weighted by Crippen LogP contribution is -2.61. The third-order valence-corrected chi connectivity index (χ3v) is 5.72. The molecule has 0 atom stereocenters. The van der Waals surface area contributed by atoms with Crippen molar-refractivity contribution in [3.8, 4) is 5.75 Å². The Hall–Kier alpha value is -3.22. The molecule has 0 radical (unpaired) electrons. The summed E-state index contributed by atoms with van der Waals surface area (Å²) in [5, 5.41) is 19.1. The Morgan fingerprint density at radius 1 is 1.40 bits per heavy atom. The zero-order valence-electron chi connectivity index (χ0n) is 16.1. The van der Waals surface area contributed by atoms with Gasteiger partial charge in [-0.1, -0.05) is 23.5 Å². The Balaban J connectivity index is 0.000000377. The van der Waals surface area contributed by atoms with Crippen LogP contribution in [0.15, 0.2) is 30.5 Å². The number of carbonyl (C=O) groups excluding carboxylic acids is 1. The van der Waals surface area contributed by atoms with Gasteiger partial charge in [0.2, 0.25) is 0 Å². The van der Waals surface area contributed by atoms with Crippen molar-refractivity contribution in [2.45, 2.75) is 18.6 Å². The summed E-state index contributed by atoms with van der Waals surface area (Å²) in [6.07, 6.45) is 2.96. The van der Waals surface area contributed by atoms with Gasteiger partial charge >= 0.3 is 5.97 Å². The number of nitrogen functional groups attached to an aromatic ring is 1.